The second-order valence-electron chi connectivity index (χ2n) is 1.85. The molecule has 0 saturated carbocycles. The Labute approximate surface area is 69.5 Å². The second kappa shape index (κ2) is 2.91. The SMILES string of the molecule is N#[N+]c1scnc1C(F)(F)C=O. The predicted octanol–water partition coefficient (Wildman–Crippen LogP) is 1.92. The van der Waals surface area contributed by atoms with Gasteiger partial charge in [-0.15, -0.1) is 0 Å². The molecule has 0 saturated heterocycles. The summed E-state index contributed by atoms with van der Waals surface area (Å²) in [7, 11) is 0. The summed E-state index contributed by atoms with van der Waals surface area (Å²) in [6.45, 7) is 0. The first kappa shape index (κ1) is 8.67. The number of hydrogen-bond acceptors (Lipinski definition) is 4. The third-order valence-electron chi connectivity index (χ3n) is 1.10. The molecule has 1 aromatic rings. The molecule has 0 N–H and O–H groups in total. The average Bonchev–Trinajstić information content (AvgIpc) is 2.52. The number of carbonyl (C=O) groups excluding carboxylic acids is 1. The molecule has 0 atom stereocenters. The van der Waals surface area contributed by atoms with Crippen molar-refractivity contribution >= 4 is 22.6 Å². The maximum atomic E-state index is 12.6. The summed E-state index contributed by atoms with van der Waals surface area (Å²) in [4.78, 5) is 15.7. The van der Waals surface area contributed by atoms with Crippen LogP contribution in [-0.4, -0.2) is 11.3 Å². The monoisotopic (exact) mass is 190 g/mol. The van der Waals surface area contributed by atoms with Gasteiger partial charge in [0, 0.05) is 0 Å². The van der Waals surface area contributed by atoms with Crippen molar-refractivity contribution in [2.45, 2.75) is 5.92 Å². The molecular formula is C5H2F2N3OS+. The van der Waals surface area contributed by atoms with Gasteiger partial charge >= 0.3 is 10.9 Å². The number of aldehydes is 1. The van der Waals surface area contributed by atoms with Gasteiger partial charge in [0.15, 0.2) is 11.3 Å². The summed E-state index contributed by atoms with van der Waals surface area (Å²) >= 11 is 0.725. The van der Waals surface area contributed by atoms with Gasteiger partial charge < -0.3 is 0 Å². The molecule has 0 spiro atoms. The van der Waals surface area contributed by atoms with Crippen LogP contribution in [0.5, 0.6) is 0 Å². The Hall–Kier alpha value is -1.42. The van der Waals surface area contributed by atoms with E-state index in [4.69, 9.17) is 5.39 Å². The molecule has 0 aliphatic carbocycles. The van der Waals surface area contributed by atoms with E-state index >= 15 is 0 Å². The molecular weight excluding hydrogens is 188 g/mol. The number of alkyl halides is 2. The highest BCUT2D eigenvalue weighted by atomic mass is 32.1. The highest BCUT2D eigenvalue weighted by Gasteiger charge is 2.41. The Balaban J connectivity index is 3.20. The molecule has 0 aromatic carbocycles. The van der Waals surface area contributed by atoms with Crippen LogP contribution in [-0.2, 0) is 10.7 Å². The minimum atomic E-state index is -3.68. The van der Waals surface area contributed by atoms with Gasteiger partial charge in [-0.1, -0.05) is 0 Å². The predicted molar refractivity (Wildman–Crippen MR) is 36.8 cm³/mol. The Kier molecular flexibility index (Phi) is 2.10. The zero-order valence-corrected chi connectivity index (χ0v) is 6.39. The van der Waals surface area contributed by atoms with Crippen molar-refractivity contribution in [1.29, 1.82) is 5.39 Å². The Morgan fingerprint density at radius 1 is 1.75 bits per heavy atom. The lowest BCUT2D eigenvalue weighted by Crippen LogP contribution is -2.15. The number of hydrogen-bond donors (Lipinski definition) is 0. The first-order chi connectivity index (χ1) is 5.61. The third-order valence-corrected chi connectivity index (χ3v) is 1.81. The van der Waals surface area contributed by atoms with E-state index in [2.05, 4.69) is 9.96 Å². The molecule has 4 nitrogen and oxygen atoms in total. The van der Waals surface area contributed by atoms with Crippen molar-refractivity contribution in [3.8, 4) is 0 Å². The van der Waals surface area contributed by atoms with E-state index in [1.807, 2.05) is 0 Å². The van der Waals surface area contributed by atoms with Crippen molar-refractivity contribution in [2.75, 3.05) is 0 Å². The first-order valence-corrected chi connectivity index (χ1v) is 3.63. The highest BCUT2D eigenvalue weighted by Crippen LogP contribution is 2.35. The number of aromatic nitrogens is 1. The van der Waals surface area contributed by atoms with Gasteiger partial charge in [-0.2, -0.15) is 8.78 Å². The van der Waals surface area contributed by atoms with Gasteiger partial charge in [0.1, 0.15) is 0 Å². The van der Waals surface area contributed by atoms with Crippen LogP contribution in [0.1, 0.15) is 5.69 Å². The maximum absolute atomic E-state index is 12.6. The highest BCUT2D eigenvalue weighted by molar-refractivity contribution is 7.14. The smallest absolute Gasteiger partial charge is 0.296 e. The molecule has 0 aliphatic heterocycles. The van der Waals surface area contributed by atoms with Crippen LogP contribution in [0.15, 0.2) is 5.51 Å². The van der Waals surface area contributed by atoms with E-state index in [1.165, 1.54) is 0 Å². The van der Waals surface area contributed by atoms with E-state index in [9.17, 15) is 13.6 Å². The standard InChI is InChI=1S/C5H2F2N3OS/c6-5(7,1-11)3-4(10-8)12-2-9-3/h1-2H/q+1. The second-order valence-corrected chi connectivity index (χ2v) is 2.68. The Bertz CT molecular complexity index is 343. The number of nitrogens with zero attached hydrogens (tertiary/aromatic N) is 3. The molecule has 7 heteroatoms. The zero-order chi connectivity index (χ0) is 9.19. The summed E-state index contributed by atoms with van der Waals surface area (Å²) in [5, 5.41) is 7.86. The van der Waals surface area contributed by atoms with E-state index < -0.39 is 17.9 Å². The van der Waals surface area contributed by atoms with Gasteiger partial charge in [0.05, 0.1) is 5.51 Å². The van der Waals surface area contributed by atoms with Crippen LogP contribution in [0, 0.1) is 5.39 Å². The minimum absolute atomic E-state index is 0.355. The quantitative estimate of drug-likeness (QED) is 0.528. The molecule has 1 rings (SSSR count). The number of thiazole rings is 1. The Morgan fingerprint density at radius 2 is 2.42 bits per heavy atom. The maximum Gasteiger partial charge on any atom is 0.469 e. The minimum Gasteiger partial charge on any atom is -0.296 e. The normalized spacial score (nSPS) is 10.8. The lowest BCUT2D eigenvalue weighted by Gasteiger charge is -1.99. The van der Waals surface area contributed by atoms with E-state index in [1.54, 1.807) is 0 Å². The van der Waals surface area contributed by atoms with Crippen LogP contribution in [0.3, 0.4) is 0 Å². The number of carbonyl (C=O) groups is 1. The lowest BCUT2D eigenvalue weighted by molar-refractivity contribution is -0.130. The van der Waals surface area contributed by atoms with Gasteiger partial charge in [0.2, 0.25) is 11.1 Å². The van der Waals surface area contributed by atoms with Crippen molar-refractivity contribution in [1.82, 2.24) is 4.98 Å². The van der Waals surface area contributed by atoms with Crippen molar-refractivity contribution in [3.63, 3.8) is 0 Å². The third kappa shape index (κ3) is 1.29. The molecule has 62 valence electrons. The molecule has 0 fully saturated rings. The Morgan fingerprint density at radius 3 is 2.92 bits per heavy atom. The molecule has 1 heterocycles. The first-order valence-electron chi connectivity index (χ1n) is 2.75. The van der Waals surface area contributed by atoms with Crippen LogP contribution in [0.4, 0.5) is 13.8 Å². The fraction of sp³-hybridized carbons (Fsp3) is 0.200. The summed E-state index contributed by atoms with van der Waals surface area (Å²) in [6.07, 6.45) is -0.545. The molecule has 0 amide bonds. The summed E-state index contributed by atoms with van der Waals surface area (Å²) in [5.41, 5.74) is 0.256. The van der Waals surface area contributed by atoms with Crippen LogP contribution in [0.2, 0.25) is 0 Å². The van der Waals surface area contributed by atoms with Crippen LogP contribution in [0.25, 0.3) is 4.98 Å². The molecule has 1 aromatic heterocycles. The molecule has 0 unspecified atom stereocenters. The van der Waals surface area contributed by atoms with E-state index in [0.717, 1.165) is 16.8 Å². The van der Waals surface area contributed by atoms with Crippen LogP contribution < -0.4 is 0 Å². The number of halogens is 2. The van der Waals surface area contributed by atoms with Crippen LogP contribution >= 0.6 is 11.3 Å². The van der Waals surface area contributed by atoms with Crippen molar-refractivity contribution in [2.24, 2.45) is 0 Å². The van der Waals surface area contributed by atoms with Crippen molar-refractivity contribution in [3.05, 3.63) is 16.2 Å². The molecule has 12 heavy (non-hydrogen) atoms. The summed E-state index contributed by atoms with van der Waals surface area (Å²) in [5.74, 6) is -3.68. The number of diazo groups is 1. The zero-order valence-electron chi connectivity index (χ0n) is 5.57. The van der Waals surface area contributed by atoms with E-state index in [0.29, 0.717) is 0 Å². The lowest BCUT2D eigenvalue weighted by atomic mass is 10.3. The fourth-order valence-corrected chi connectivity index (χ4v) is 1.20. The average molecular weight is 190 g/mol. The summed E-state index contributed by atoms with van der Waals surface area (Å²) in [6, 6.07) is 0. The molecule has 0 aliphatic rings. The van der Waals surface area contributed by atoms with Gasteiger partial charge in [-0.05, 0) is 11.3 Å². The van der Waals surface area contributed by atoms with Gasteiger partial charge in [-0.3, -0.25) is 4.79 Å². The number of rotatable bonds is 2. The largest absolute Gasteiger partial charge is 0.469 e. The molecule has 0 radical (unpaired) electrons. The van der Waals surface area contributed by atoms with E-state index in [-0.39, 0.29) is 5.00 Å². The molecule has 0 bridgehead atoms. The topological polar surface area (TPSA) is 58.1 Å². The van der Waals surface area contributed by atoms with Crippen molar-refractivity contribution < 1.29 is 13.6 Å². The fourth-order valence-electron chi connectivity index (χ4n) is 0.595. The summed E-state index contributed by atoms with van der Waals surface area (Å²) < 4.78 is 25.1. The van der Waals surface area contributed by atoms with Gasteiger partial charge in [-0.25, -0.2) is 4.98 Å². The van der Waals surface area contributed by atoms with Gasteiger partial charge in [0.25, 0.3) is 0 Å².